The fourth-order valence-electron chi connectivity index (χ4n) is 3.57. The summed E-state index contributed by atoms with van der Waals surface area (Å²) in [6, 6.07) is 2.83. The average molecular weight is 449 g/mol. The third-order valence-electron chi connectivity index (χ3n) is 5.58. The zero-order chi connectivity index (χ0) is 22.4. The van der Waals surface area contributed by atoms with E-state index < -0.39 is 11.2 Å². The van der Waals surface area contributed by atoms with E-state index in [1.165, 1.54) is 36.8 Å². The Morgan fingerprint density at radius 2 is 2.13 bits per heavy atom. The summed E-state index contributed by atoms with van der Waals surface area (Å²) in [7, 11) is 1.43. The van der Waals surface area contributed by atoms with Crippen LogP contribution in [0.4, 0.5) is 4.39 Å². The first-order valence-corrected chi connectivity index (χ1v) is 11.3. The molecule has 3 rings (SSSR count). The molecule has 1 N–H and O–H groups in total. The van der Waals surface area contributed by atoms with E-state index in [1.807, 2.05) is 13.8 Å². The molecule has 0 aromatic carbocycles. The Balaban J connectivity index is 1.37. The molecule has 0 bridgehead atoms. The lowest BCUT2D eigenvalue weighted by molar-refractivity contribution is -0.151. The van der Waals surface area contributed by atoms with E-state index in [0.29, 0.717) is 11.6 Å². The number of nitrogens with zero attached hydrogens (tertiary/aromatic N) is 3. The van der Waals surface area contributed by atoms with E-state index >= 15 is 0 Å². The topological polar surface area (TPSA) is 84.4 Å². The number of hydrogen-bond acceptors (Lipinski definition) is 7. The first-order valence-electron chi connectivity index (χ1n) is 10.4. The van der Waals surface area contributed by atoms with Crippen molar-refractivity contribution in [2.45, 2.75) is 45.6 Å². The van der Waals surface area contributed by atoms with Gasteiger partial charge in [0.2, 0.25) is 0 Å². The number of aromatic nitrogens is 2. The zero-order valence-corrected chi connectivity index (χ0v) is 19.0. The summed E-state index contributed by atoms with van der Waals surface area (Å²) in [6.45, 7) is 6.70. The number of esters is 1. The van der Waals surface area contributed by atoms with Crippen LogP contribution in [0.3, 0.4) is 0 Å². The van der Waals surface area contributed by atoms with Crippen molar-refractivity contribution in [3.8, 4) is 0 Å². The summed E-state index contributed by atoms with van der Waals surface area (Å²) >= 11 is 1.49. The maximum atomic E-state index is 13.6. The molecule has 0 unspecified atom stereocenters. The van der Waals surface area contributed by atoms with Crippen molar-refractivity contribution in [3.05, 3.63) is 45.9 Å². The highest BCUT2D eigenvalue weighted by Crippen LogP contribution is 2.30. The molecule has 31 heavy (non-hydrogen) atoms. The largest absolute Gasteiger partial charge is 0.469 e. The van der Waals surface area contributed by atoms with Crippen molar-refractivity contribution in [2.24, 2.45) is 5.41 Å². The highest BCUT2D eigenvalue weighted by Gasteiger charge is 2.31. The molecule has 0 atom stereocenters. The highest BCUT2D eigenvalue weighted by atomic mass is 32.1. The minimum absolute atomic E-state index is 0.0301. The first-order chi connectivity index (χ1) is 14.8. The predicted octanol–water partition coefficient (Wildman–Crippen LogP) is 3.38. The van der Waals surface area contributed by atoms with E-state index in [4.69, 9.17) is 4.74 Å². The lowest BCUT2D eigenvalue weighted by Crippen LogP contribution is -2.45. The van der Waals surface area contributed by atoms with Gasteiger partial charge in [0.05, 0.1) is 29.8 Å². The van der Waals surface area contributed by atoms with E-state index in [2.05, 4.69) is 20.2 Å². The lowest BCUT2D eigenvalue weighted by Gasteiger charge is -2.38. The Morgan fingerprint density at radius 3 is 2.84 bits per heavy atom. The number of carbonyl (C=O) groups is 2. The fourth-order valence-corrected chi connectivity index (χ4v) is 4.46. The second-order valence-corrected chi connectivity index (χ2v) is 9.36. The van der Waals surface area contributed by atoms with Crippen LogP contribution in [0.5, 0.6) is 0 Å². The maximum Gasteiger partial charge on any atom is 0.311 e. The van der Waals surface area contributed by atoms with Crippen LogP contribution < -0.4 is 5.32 Å². The summed E-state index contributed by atoms with van der Waals surface area (Å²) < 4.78 is 18.5. The second kappa shape index (κ2) is 10.3. The van der Waals surface area contributed by atoms with Gasteiger partial charge in [-0.25, -0.2) is 9.37 Å². The molecule has 2 aromatic rings. The van der Waals surface area contributed by atoms with Gasteiger partial charge >= 0.3 is 5.97 Å². The first kappa shape index (κ1) is 23.3. The number of methoxy groups -OCH3 is 1. The number of likely N-dealkylation sites (tertiary alicyclic amines) is 1. The Morgan fingerprint density at radius 1 is 1.35 bits per heavy atom. The zero-order valence-electron chi connectivity index (χ0n) is 18.2. The molecule has 1 aliphatic heterocycles. The fraction of sp³-hybridized carbons (Fsp3) is 0.545. The molecule has 0 aliphatic carbocycles. The van der Waals surface area contributed by atoms with Crippen LogP contribution in [0.2, 0.25) is 0 Å². The Hall–Kier alpha value is -2.39. The molecular formula is C22H29FN4O3S. The van der Waals surface area contributed by atoms with Gasteiger partial charge in [-0.3, -0.25) is 14.6 Å². The summed E-state index contributed by atoms with van der Waals surface area (Å²) in [6.07, 6.45) is 4.31. The van der Waals surface area contributed by atoms with Crippen LogP contribution >= 0.6 is 11.3 Å². The quantitative estimate of drug-likeness (QED) is 0.443. The molecule has 0 radical (unpaired) electrons. The van der Waals surface area contributed by atoms with E-state index in [9.17, 15) is 14.0 Å². The predicted molar refractivity (Wildman–Crippen MR) is 116 cm³/mol. The van der Waals surface area contributed by atoms with E-state index in [0.717, 1.165) is 43.9 Å². The molecule has 3 heterocycles. The molecule has 0 spiro atoms. The Bertz CT molecular complexity index is 912. The van der Waals surface area contributed by atoms with Gasteiger partial charge in [0, 0.05) is 30.6 Å². The van der Waals surface area contributed by atoms with E-state index in [1.54, 1.807) is 5.38 Å². The standard InChI is InChI=1S/C22H29FN4O3S/c1-22(2,21(29)30-3)8-4-5-10-27-12-15(13-27)20-26-18(14-31-20)19(28)25-11-17-16(23)7-6-9-24-17/h6-7,9,14-15H,4-5,8,10-13H2,1-3H3,(H,25,28). The summed E-state index contributed by atoms with van der Waals surface area (Å²) in [5, 5.41) is 5.37. The van der Waals surface area contributed by atoms with Crippen LogP contribution in [0, 0.1) is 11.2 Å². The second-order valence-electron chi connectivity index (χ2n) is 8.47. The van der Waals surface area contributed by atoms with Crippen LogP contribution in [0.1, 0.15) is 60.2 Å². The Labute approximate surface area is 186 Å². The minimum Gasteiger partial charge on any atom is -0.469 e. The van der Waals surface area contributed by atoms with Gasteiger partial charge in [0.1, 0.15) is 11.5 Å². The molecule has 0 saturated carbocycles. The van der Waals surface area contributed by atoms with E-state index in [-0.39, 0.29) is 24.1 Å². The number of ether oxygens (including phenoxy) is 1. The van der Waals surface area contributed by atoms with Crippen molar-refractivity contribution in [1.82, 2.24) is 20.2 Å². The molecule has 2 aromatic heterocycles. The third-order valence-corrected chi connectivity index (χ3v) is 6.58. The Kier molecular flexibility index (Phi) is 7.72. The summed E-state index contributed by atoms with van der Waals surface area (Å²) in [5.41, 5.74) is 0.127. The summed E-state index contributed by atoms with van der Waals surface area (Å²) in [4.78, 5) is 34.8. The van der Waals surface area contributed by atoms with Gasteiger partial charge in [-0.15, -0.1) is 11.3 Å². The van der Waals surface area contributed by atoms with Gasteiger partial charge in [0.25, 0.3) is 5.91 Å². The number of carbonyl (C=O) groups excluding carboxylic acids is 2. The van der Waals surface area contributed by atoms with Gasteiger partial charge in [0.15, 0.2) is 0 Å². The smallest absolute Gasteiger partial charge is 0.311 e. The molecule has 1 aliphatic rings. The number of halogens is 1. The van der Waals surface area contributed by atoms with Gasteiger partial charge in [-0.05, 0) is 45.4 Å². The van der Waals surface area contributed by atoms with Crippen LogP contribution in [-0.4, -0.2) is 53.5 Å². The third kappa shape index (κ3) is 6.07. The normalized spacial score (nSPS) is 14.8. The number of hydrogen-bond donors (Lipinski definition) is 1. The highest BCUT2D eigenvalue weighted by molar-refractivity contribution is 7.10. The van der Waals surface area contributed by atoms with Crippen LogP contribution in [0.25, 0.3) is 0 Å². The SMILES string of the molecule is COC(=O)C(C)(C)CCCCN1CC(c2nc(C(=O)NCc3ncccc3F)cs2)C1. The number of amides is 1. The maximum absolute atomic E-state index is 13.6. The molecule has 9 heteroatoms. The molecular weight excluding hydrogens is 419 g/mol. The molecule has 1 fully saturated rings. The average Bonchev–Trinajstić information content (AvgIpc) is 3.20. The van der Waals surface area contributed by atoms with Crippen molar-refractivity contribution in [2.75, 3.05) is 26.7 Å². The van der Waals surface area contributed by atoms with Gasteiger partial charge < -0.3 is 15.0 Å². The monoisotopic (exact) mass is 448 g/mol. The van der Waals surface area contributed by atoms with Crippen molar-refractivity contribution >= 4 is 23.2 Å². The van der Waals surface area contributed by atoms with Gasteiger partial charge in [-0.2, -0.15) is 0 Å². The van der Waals surface area contributed by atoms with Crippen LogP contribution in [0.15, 0.2) is 23.7 Å². The minimum atomic E-state index is -0.440. The van der Waals surface area contributed by atoms with Crippen LogP contribution in [-0.2, 0) is 16.1 Å². The summed E-state index contributed by atoms with van der Waals surface area (Å²) in [5.74, 6) is -0.585. The molecule has 1 saturated heterocycles. The molecule has 1 amide bonds. The lowest BCUT2D eigenvalue weighted by atomic mass is 9.87. The van der Waals surface area contributed by atoms with Crippen molar-refractivity contribution < 1.29 is 18.7 Å². The van der Waals surface area contributed by atoms with Gasteiger partial charge in [-0.1, -0.05) is 6.42 Å². The molecule has 7 nitrogen and oxygen atoms in total. The number of pyridine rings is 1. The van der Waals surface area contributed by atoms with Crippen molar-refractivity contribution in [1.29, 1.82) is 0 Å². The number of nitrogens with one attached hydrogen (secondary N) is 1. The molecule has 168 valence electrons. The van der Waals surface area contributed by atoms with Crippen molar-refractivity contribution in [3.63, 3.8) is 0 Å². The number of unbranched alkanes of at least 4 members (excludes halogenated alkanes) is 1. The number of rotatable bonds is 10. The number of thiazole rings is 1.